The third-order valence-corrected chi connectivity index (χ3v) is 3.44. The fourth-order valence-corrected chi connectivity index (χ4v) is 2.15. The largest absolute Gasteiger partial charge is 0.370 e. The average molecular weight is 322 g/mol. The van der Waals surface area contributed by atoms with E-state index in [0.29, 0.717) is 12.5 Å². The molecule has 0 amide bonds. The van der Waals surface area contributed by atoms with Crippen molar-refractivity contribution in [1.82, 2.24) is 0 Å². The molecule has 0 fully saturated rings. The number of allylic oxidation sites excluding steroid dienone is 4. The predicted octanol–water partition coefficient (Wildman–Crippen LogP) is 5.21. The molecule has 1 atom stereocenters. The second-order valence-corrected chi connectivity index (χ2v) is 5.24. The van der Waals surface area contributed by atoms with Gasteiger partial charge in [0.05, 0.1) is 12.7 Å². The van der Waals surface area contributed by atoms with Crippen molar-refractivity contribution in [2.24, 2.45) is 0 Å². The molecule has 3 heteroatoms. The molecular formula is C14H22BrClO. The van der Waals surface area contributed by atoms with Crippen molar-refractivity contribution >= 4 is 27.5 Å². The molecule has 17 heavy (non-hydrogen) atoms. The van der Waals surface area contributed by atoms with E-state index in [4.69, 9.17) is 16.3 Å². The van der Waals surface area contributed by atoms with E-state index in [9.17, 15) is 0 Å². The predicted molar refractivity (Wildman–Crippen MR) is 80.9 cm³/mol. The Hall–Kier alpha value is -0.0500. The third-order valence-electron chi connectivity index (χ3n) is 2.29. The summed E-state index contributed by atoms with van der Waals surface area (Å²) in [4.78, 5) is 0. The summed E-state index contributed by atoms with van der Waals surface area (Å²) in [5.41, 5.74) is 2.48. The second kappa shape index (κ2) is 9.93. The summed E-state index contributed by atoms with van der Waals surface area (Å²) in [5.74, 6) is 0.564. The lowest BCUT2D eigenvalue weighted by Gasteiger charge is -2.07. The molecule has 1 nitrogen and oxygen atoms in total. The monoisotopic (exact) mass is 320 g/mol. The highest BCUT2D eigenvalue weighted by Crippen LogP contribution is 2.18. The Morgan fingerprint density at radius 2 is 2.06 bits per heavy atom. The molecule has 0 aliphatic carbocycles. The van der Waals surface area contributed by atoms with Gasteiger partial charge in [-0.15, -0.1) is 11.6 Å². The Morgan fingerprint density at radius 3 is 2.53 bits per heavy atom. The first-order valence-electron chi connectivity index (χ1n) is 5.87. The quantitative estimate of drug-likeness (QED) is 0.355. The van der Waals surface area contributed by atoms with E-state index in [1.165, 1.54) is 11.1 Å². The summed E-state index contributed by atoms with van der Waals surface area (Å²) in [6.45, 7) is 8.92. The van der Waals surface area contributed by atoms with Gasteiger partial charge in [-0.25, -0.2) is 0 Å². The SMILES string of the molecule is CCC(CCl)=C(Br)C=CC(C)OCC=C(C)C. The van der Waals surface area contributed by atoms with E-state index in [0.717, 1.165) is 10.9 Å². The van der Waals surface area contributed by atoms with Crippen molar-refractivity contribution in [2.45, 2.75) is 40.2 Å². The lowest BCUT2D eigenvalue weighted by Crippen LogP contribution is -2.04. The van der Waals surface area contributed by atoms with Crippen LogP contribution in [0.5, 0.6) is 0 Å². The lowest BCUT2D eigenvalue weighted by atomic mass is 10.2. The molecule has 0 aromatic rings. The summed E-state index contributed by atoms with van der Waals surface area (Å²) in [6.07, 6.45) is 7.19. The second-order valence-electron chi connectivity index (χ2n) is 4.12. The van der Waals surface area contributed by atoms with Crippen LogP contribution in [0.3, 0.4) is 0 Å². The molecule has 0 saturated carbocycles. The summed E-state index contributed by atoms with van der Waals surface area (Å²) in [5, 5.41) is 0. The molecule has 0 aromatic heterocycles. The van der Waals surface area contributed by atoms with Crippen LogP contribution in [0.25, 0.3) is 0 Å². The molecule has 0 saturated heterocycles. The van der Waals surface area contributed by atoms with Crippen molar-refractivity contribution in [3.05, 3.63) is 33.9 Å². The first kappa shape index (κ1) is 16.9. The molecule has 0 spiro atoms. The van der Waals surface area contributed by atoms with Gasteiger partial charge >= 0.3 is 0 Å². The Morgan fingerprint density at radius 1 is 1.41 bits per heavy atom. The number of alkyl halides is 1. The number of rotatable bonds is 7. The van der Waals surface area contributed by atoms with Gasteiger partial charge in [-0.3, -0.25) is 0 Å². The van der Waals surface area contributed by atoms with Crippen LogP contribution >= 0.6 is 27.5 Å². The van der Waals surface area contributed by atoms with Gasteiger partial charge in [-0.2, -0.15) is 0 Å². The minimum atomic E-state index is 0.103. The van der Waals surface area contributed by atoms with E-state index in [1.54, 1.807) is 0 Å². The molecule has 0 bridgehead atoms. The van der Waals surface area contributed by atoms with Crippen molar-refractivity contribution in [3.63, 3.8) is 0 Å². The average Bonchev–Trinajstić information content (AvgIpc) is 2.27. The summed E-state index contributed by atoms with van der Waals surface area (Å²) in [6, 6.07) is 0. The van der Waals surface area contributed by atoms with E-state index in [-0.39, 0.29) is 6.10 Å². The summed E-state index contributed by atoms with van der Waals surface area (Å²) in [7, 11) is 0. The smallest absolute Gasteiger partial charge is 0.0735 e. The zero-order valence-corrected chi connectivity index (χ0v) is 13.4. The fraction of sp³-hybridized carbons (Fsp3) is 0.571. The maximum Gasteiger partial charge on any atom is 0.0735 e. The lowest BCUT2D eigenvalue weighted by molar-refractivity contribution is 0.122. The van der Waals surface area contributed by atoms with Crippen LogP contribution in [0.4, 0.5) is 0 Å². The molecule has 0 aliphatic heterocycles. The number of hydrogen-bond donors (Lipinski definition) is 0. The highest BCUT2D eigenvalue weighted by atomic mass is 79.9. The summed E-state index contributed by atoms with van der Waals surface area (Å²) >= 11 is 9.36. The molecule has 0 N–H and O–H groups in total. The topological polar surface area (TPSA) is 9.23 Å². The molecule has 0 aliphatic rings. The van der Waals surface area contributed by atoms with Gasteiger partial charge in [0.15, 0.2) is 0 Å². The summed E-state index contributed by atoms with van der Waals surface area (Å²) < 4.78 is 6.67. The van der Waals surface area contributed by atoms with Crippen LogP contribution in [0.2, 0.25) is 0 Å². The Kier molecular flexibility index (Phi) is 9.90. The van der Waals surface area contributed by atoms with Gasteiger partial charge in [-0.1, -0.05) is 40.6 Å². The Bertz CT molecular complexity index is 295. The first-order chi connectivity index (χ1) is 8.01. The minimum Gasteiger partial charge on any atom is -0.370 e. The van der Waals surface area contributed by atoms with Gasteiger partial charge in [0, 0.05) is 10.4 Å². The van der Waals surface area contributed by atoms with Crippen molar-refractivity contribution < 1.29 is 4.74 Å². The molecule has 0 aromatic carbocycles. The van der Waals surface area contributed by atoms with Crippen LogP contribution in [-0.4, -0.2) is 18.6 Å². The molecule has 98 valence electrons. The zero-order valence-electron chi connectivity index (χ0n) is 11.1. The van der Waals surface area contributed by atoms with Gasteiger partial charge in [0.1, 0.15) is 0 Å². The van der Waals surface area contributed by atoms with Gasteiger partial charge in [-0.05, 0) is 38.8 Å². The number of halogens is 2. The van der Waals surface area contributed by atoms with E-state index in [1.807, 2.05) is 19.1 Å². The number of ether oxygens (including phenoxy) is 1. The van der Waals surface area contributed by atoms with Gasteiger partial charge < -0.3 is 4.74 Å². The van der Waals surface area contributed by atoms with Gasteiger partial charge in [0.2, 0.25) is 0 Å². The van der Waals surface area contributed by atoms with E-state index >= 15 is 0 Å². The van der Waals surface area contributed by atoms with Crippen LogP contribution in [0.15, 0.2) is 33.9 Å². The number of hydrogen-bond acceptors (Lipinski definition) is 1. The molecule has 0 heterocycles. The van der Waals surface area contributed by atoms with Crippen molar-refractivity contribution in [3.8, 4) is 0 Å². The van der Waals surface area contributed by atoms with Crippen molar-refractivity contribution in [2.75, 3.05) is 12.5 Å². The maximum atomic E-state index is 5.84. The minimum absolute atomic E-state index is 0.103. The molecular weight excluding hydrogens is 300 g/mol. The third kappa shape index (κ3) is 8.64. The molecule has 0 rings (SSSR count). The Labute approximate surface area is 119 Å². The molecule has 1 unspecified atom stereocenters. The van der Waals surface area contributed by atoms with Crippen molar-refractivity contribution in [1.29, 1.82) is 0 Å². The highest BCUT2D eigenvalue weighted by Gasteiger charge is 1.99. The van der Waals surface area contributed by atoms with E-state index < -0.39 is 0 Å². The van der Waals surface area contributed by atoms with E-state index in [2.05, 4.69) is 42.8 Å². The van der Waals surface area contributed by atoms with Crippen LogP contribution in [0, 0.1) is 0 Å². The first-order valence-corrected chi connectivity index (χ1v) is 7.20. The normalized spacial score (nSPS) is 14.7. The highest BCUT2D eigenvalue weighted by molar-refractivity contribution is 9.11. The maximum absolute atomic E-state index is 5.84. The Balaban J connectivity index is 4.23. The van der Waals surface area contributed by atoms with Crippen LogP contribution < -0.4 is 0 Å². The zero-order chi connectivity index (χ0) is 13.3. The fourth-order valence-electron chi connectivity index (χ4n) is 1.09. The molecule has 0 radical (unpaired) electrons. The van der Waals surface area contributed by atoms with Crippen LogP contribution in [-0.2, 0) is 4.74 Å². The van der Waals surface area contributed by atoms with Crippen LogP contribution in [0.1, 0.15) is 34.1 Å². The standard InChI is InChI=1S/C14H22BrClO/c1-5-13(10-16)14(15)7-6-12(4)17-9-8-11(2)3/h6-8,12H,5,9-10H2,1-4H3. The van der Waals surface area contributed by atoms with Gasteiger partial charge in [0.25, 0.3) is 0 Å².